The lowest BCUT2D eigenvalue weighted by Crippen LogP contribution is -2.16. The third kappa shape index (κ3) is 2.25. The summed E-state index contributed by atoms with van der Waals surface area (Å²) in [7, 11) is 1.59. The number of nitrogens with one attached hydrogen (secondary N) is 1. The monoisotopic (exact) mass is 292 g/mol. The molecule has 2 aromatic carbocycles. The van der Waals surface area contributed by atoms with Crippen molar-refractivity contribution < 1.29 is 4.74 Å². The van der Waals surface area contributed by atoms with Gasteiger partial charge in [-0.15, -0.1) is 0 Å². The van der Waals surface area contributed by atoms with Gasteiger partial charge in [-0.05, 0) is 36.4 Å². The van der Waals surface area contributed by atoms with Crippen molar-refractivity contribution in [3.8, 4) is 28.9 Å². The van der Waals surface area contributed by atoms with Crippen LogP contribution in [0.1, 0.15) is 5.56 Å². The van der Waals surface area contributed by atoms with E-state index in [9.17, 15) is 10.1 Å². The van der Waals surface area contributed by atoms with Gasteiger partial charge >= 0.3 is 5.69 Å². The van der Waals surface area contributed by atoms with Crippen molar-refractivity contribution in [1.29, 1.82) is 5.26 Å². The fraction of sp³-hybridized carbons (Fsp3) is 0.0625. The number of rotatable bonds is 3. The van der Waals surface area contributed by atoms with Crippen LogP contribution < -0.4 is 10.4 Å². The maximum Gasteiger partial charge on any atom is 0.348 e. The number of aromatic amines is 1. The molecule has 6 nitrogen and oxygen atoms in total. The third-order valence-corrected chi connectivity index (χ3v) is 3.29. The minimum absolute atomic E-state index is 0.395. The molecule has 0 saturated carbocycles. The zero-order chi connectivity index (χ0) is 15.5. The predicted octanol–water partition coefficient (Wildman–Crippen LogP) is 2.11. The summed E-state index contributed by atoms with van der Waals surface area (Å²) in [6.07, 6.45) is 0. The van der Waals surface area contributed by atoms with Gasteiger partial charge in [0.1, 0.15) is 11.8 Å². The van der Waals surface area contributed by atoms with Crippen LogP contribution in [0.2, 0.25) is 0 Å². The Kier molecular flexibility index (Phi) is 3.46. The van der Waals surface area contributed by atoms with Crippen molar-refractivity contribution in [2.75, 3.05) is 7.11 Å². The molecule has 0 aliphatic rings. The Balaban J connectivity index is 2.20. The Bertz CT molecular complexity index is 901. The molecule has 0 fully saturated rings. The van der Waals surface area contributed by atoms with Gasteiger partial charge < -0.3 is 4.74 Å². The van der Waals surface area contributed by atoms with Crippen molar-refractivity contribution in [1.82, 2.24) is 14.8 Å². The highest BCUT2D eigenvalue weighted by atomic mass is 16.5. The topological polar surface area (TPSA) is 83.7 Å². The average Bonchev–Trinajstić information content (AvgIpc) is 2.96. The van der Waals surface area contributed by atoms with Crippen LogP contribution in [0, 0.1) is 11.3 Å². The predicted molar refractivity (Wildman–Crippen MR) is 80.9 cm³/mol. The molecule has 1 heterocycles. The first kappa shape index (κ1) is 13.6. The lowest BCUT2D eigenvalue weighted by atomic mass is 10.1. The Morgan fingerprint density at radius 3 is 2.59 bits per heavy atom. The summed E-state index contributed by atoms with van der Waals surface area (Å²) in [6.45, 7) is 0. The van der Waals surface area contributed by atoms with E-state index < -0.39 is 5.69 Å². The van der Waals surface area contributed by atoms with Crippen molar-refractivity contribution in [2.24, 2.45) is 0 Å². The molecule has 108 valence electrons. The minimum Gasteiger partial charge on any atom is -0.497 e. The fourth-order valence-corrected chi connectivity index (χ4v) is 2.22. The molecule has 1 N–H and O–H groups in total. The molecule has 0 aliphatic carbocycles. The maximum absolute atomic E-state index is 12.1. The molecular weight excluding hydrogens is 280 g/mol. The molecule has 0 bridgehead atoms. The second-order valence-electron chi connectivity index (χ2n) is 4.55. The first-order valence-corrected chi connectivity index (χ1v) is 6.56. The molecule has 3 rings (SSSR count). The summed E-state index contributed by atoms with van der Waals surface area (Å²) in [5.41, 5.74) is 1.25. The molecule has 22 heavy (non-hydrogen) atoms. The van der Waals surface area contributed by atoms with Crippen molar-refractivity contribution in [3.05, 3.63) is 64.6 Å². The molecule has 0 amide bonds. The van der Waals surface area contributed by atoms with E-state index in [2.05, 4.69) is 16.3 Å². The Morgan fingerprint density at radius 1 is 1.18 bits per heavy atom. The van der Waals surface area contributed by atoms with Crippen LogP contribution in [-0.2, 0) is 0 Å². The lowest BCUT2D eigenvalue weighted by molar-refractivity contribution is 0.415. The second-order valence-corrected chi connectivity index (χ2v) is 4.55. The van der Waals surface area contributed by atoms with Gasteiger partial charge in [-0.1, -0.05) is 12.1 Å². The zero-order valence-electron chi connectivity index (χ0n) is 11.8. The van der Waals surface area contributed by atoms with E-state index >= 15 is 0 Å². The van der Waals surface area contributed by atoms with Crippen LogP contribution >= 0.6 is 0 Å². The van der Waals surface area contributed by atoms with Gasteiger partial charge in [0.05, 0.1) is 18.4 Å². The quantitative estimate of drug-likeness (QED) is 0.801. The summed E-state index contributed by atoms with van der Waals surface area (Å²) in [5.74, 6) is 1.15. The van der Waals surface area contributed by atoms with Gasteiger partial charge in [-0.2, -0.15) is 10.4 Å². The van der Waals surface area contributed by atoms with Crippen LogP contribution in [0.4, 0.5) is 0 Å². The zero-order valence-corrected chi connectivity index (χ0v) is 11.8. The number of H-pyrrole nitrogens is 1. The van der Waals surface area contributed by atoms with Crippen molar-refractivity contribution >= 4 is 0 Å². The third-order valence-electron chi connectivity index (χ3n) is 3.29. The number of nitriles is 1. The van der Waals surface area contributed by atoms with Gasteiger partial charge in [-0.25, -0.2) is 14.5 Å². The highest BCUT2D eigenvalue weighted by Crippen LogP contribution is 2.23. The number of methoxy groups -OCH3 is 1. The summed E-state index contributed by atoms with van der Waals surface area (Å²) in [4.78, 5) is 12.1. The number of hydrogen-bond donors (Lipinski definition) is 1. The fourth-order valence-electron chi connectivity index (χ4n) is 2.22. The number of benzene rings is 2. The average molecular weight is 292 g/mol. The molecule has 0 radical (unpaired) electrons. The Morgan fingerprint density at radius 2 is 1.91 bits per heavy atom. The van der Waals surface area contributed by atoms with E-state index in [-0.39, 0.29) is 0 Å². The Labute approximate surface area is 126 Å². The van der Waals surface area contributed by atoms with E-state index in [1.165, 1.54) is 4.57 Å². The minimum atomic E-state index is -0.395. The molecule has 3 aromatic rings. The molecule has 0 saturated heterocycles. The van der Waals surface area contributed by atoms with Gasteiger partial charge in [0, 0.05) is 5.56 Å². The lowest BCUT2D eigenvalue weighted by Gasteiger charge is -2.08. The van der Waals surface area contributed by atoms with Gasteiger partial charge in [-0.3, -0.25) is 0 Å². The number of hydrogen-bond acceptors (Lipinski definition) is 4. The largest absolute Gasteiger partial charge is 0.497 e. The molecule has 0 atom stereocenters. The molecule has 0 spiro atoms. The highest BCUT2D eigenvalue weighted by Gasteiger charge is 2.15. The van der Waals surface area contributed by atoms with Crippen LogP contribution in [0.5, 0.6) is 5.75 Å². The van der Waals surface area contributed by atoms with E-state index in [1.54, 1.807) is 55.6 Å². The van der Waals surface area contributed by atoms with Crippen LogP contribution in [0.15, 0.2) is 53.3 Å². The van der Waals surface area contributed by atoms with Crippen molar-refractivity contribution in [3.63, 3.8) is 0 Å². The van der Waals surface area contributed by atoms with E-state index in [0.29, 0.717) is 22.8 Å². The second kappa shape index (κ2) is 5.58. The maximum atomic E-state index is 12.1. The standard InChI is InChI=1S/C16H12N4O2/c1-22-13-8-6-11(7-9-13)15-18-19-16(21)20(15)14-5-3-2-4-12(14)10-17/h2-9H,1H3,(H,19,21). The van der Waals surface area contributed by atoms with Crippen molar-refractivity contribution in [2.45, 2.75) is 0 Å². The summed E-state index contributed by atoms with van der Waals surface area (Å²) in [5, 5.41) is 15.7. The number of ether oxygens (including phenoxy) is 1. The molecule has 0 aliphatic heterocycles. The summed E-state index contributed by atoms with van der Waals surface area (Å²) >= 11 is 0. The molecular formula is C16H12N4O2. The van der Waals surface area contributed by atoms with E-state index in [0.717, 1.165) is 5.56 Å². The van der Waals surface area contributed by atoms with Crippen LogP contribution in [0.3, 0.4) is 0 Å². The normalized spacial score (nSPS) is 10.2. The van der Waals surface area contributed by atoms with Gasteiger partial charge in [0.25, 0.3) is 0 Å². The van der Waals surface area contributed by atoms with Gasteiger partial charge in [0.15, 0.2) is 5.82 Å². The SMILES string of the molecule is COc1ccc(-c2n[nH]c(=O)n2-c2ccccc2C#N)cc1. The van der Waals surface area contributed by atoms with Gasteiger partial charge in [0.2, 0.25) is 0 Å². The number of nitrogens with zero attached hydrogens (tertiary/aromatic N) is 3. The molecule has 1 aromatic heterocycles. The highest BCUT2D eigenvalue weighted by molar-refractivity contribution is 5.61. The van der Waals surface area contributed by atoms with E-state index in [1.807, 2.05) is 0 Å². The Hall–Kier alpha value is -3.33. The smallest absolute Gasteiger partial charge is 0.348 e. The summed E-state index contributed by atoms with van der Waals surface area (Å²) < 4.78 is 6.51. The first-order valence-electron chi connectivity index (χ1n) is 6.56. The summed E-state index contributed by atoms with van der Waals surface area (Å²) in [6, 6.07) is 16.2. The molecule has 6 heteroatoms. The van der Waals surface area contributed by atoms with Crippen LogP contribution in [0.25, 0.3) is 17.1 Å². The first-order chi connectivity index (χ1) is 10.7. The number of aromatic nitrogens is 3. The van der Waals surface area contributed by atoms with E-state index in [4.69, 9.17) is 4.74 Å². The number of para-hydroxylation sites is 1. The van der Waals surface area contributed by atoms with Crippen LogP contribution in [-0.4, -0.2) is 21.9 Å². The molecule has 0 unspecified atom stereocenters.